The summed E-state index contributed by atoms with van der Waals surface area (Å²) in [6, 6.07) is 1.82. The summed E-state index contributed by atoms with van der Waals surface area (Å²) in [5, 5.41) is 13.1. The van der Waals surface area contributed by atoms with Gasteiger partial charge in [0.1, 0.15) is 11.4 Å². The van der Waals surface area contributed by atoms with Crippen molar-refractivity contribution in [3.8, 4) is 5.75 Å². The summed E-state index contributed by atoms with van der Waals surface area (Å²) in [6.45, 7) is 6.14. The molecular formula is C12H20N2O2. The van der Waals surface area contributed by atoms with E-state index in [0.29, 0.717) is 12.3 Å². The average molecular weight is 224 g/mol. The lowest BCUT2D eigenvalue weighted by atomic mass is 9.98. The molecule has 0 bridgehead atoms. The van der Waals surface area contributed by atoms with Gasteiger partial charge in [0.2, 0.25) is 0 Å². The summed E-state index contributed by atoms with van der Waals surface area (Å²) >= 11 is 0. The minimum atomic E-state index is -0.932. The first-order chi connectivity index (χ1) is 7.45. The van der Waals surface area contributed by atoms with Crippen molar-refractivity contribution in [3.63, 3.8) is 0 Å². The van der Waals surface area contributed by atoms with Crippen molar-refractivity contribution in [2.75, 3.05) is 13.6 Å². The van der Waals surface area contributed by atoms with Gasteiger partial charge in [-0.05, 0) is 33.9 Å². The molecule has 90 valence electrons. The number of rotatable bonds is 5. The molecule has 0 aliphatic carbocycles. The number of hydrogen-bond acceptors (Lipinski definition) is 4. The van der Waals surface area contributed by atoms with Crippen molar-refractivity contribution in [1.82, 2.24) is 10.3 Å². The molecule has 16 heavy (non-hydrogen) atoms. The Morgan fingerprint density at radius 1 is 1.50 bits per heavy atom. The Morgan fingerprint density at radius 2 is 2.19 bits per heavy atom. The Balaban J connectivity index is 2.89. The molecule has 1 rings (SSSR count). The van der Waals surface area contributed by atoms with Gasteiger partial charge in [-0.15, -0.1) is 0 Å². The Morgan fingerprint density at radius 3 is 2.75 bits per heavy atom. The van der Waals surface area contributed by atoms with Gasteiger partial charge in [-0.25, -0.2) is 0 Å². The molecular weight excluding hydrogens is 204 g/mol. The molecule has 0 aliphatic rings. The summed E-state index contributed by atoms with van der Waals surface area (Å²) in [4.78, 5) is 4.07. The van der Waals surface area contributed by atoms with Gasteiger partial charge in [0.05, 0.1) is 12.3 Å². The number of nitrogens with zero attached hydrogens (tertiary/aromatic N) is 1. The molecule has 1 atom stereocenters. The number of pyridine rings is 1. The second-order valence-corrected chi connectivity index (χ2v) is 4.38. The van der Waals surface area contributed by atoms with E-state index in [0.717, 1.165) is 5.56 Å². The average Bonchev–Trinajstić information content (AvgIpc) is 2.17. The van der Waals surface area contributed by atoms with Gasteiger partial charge in [-0.3, -0.25) is 4.98 Å². The lowest BCUT2D eigenvalue weighted by molar-refractivity contribution is 0.0583. The second kappa shape index (κ2) is 5.27. The van der Waals surface area contributed by atoms with Crippen LogP contribution in [0, 0.1) is 0 Å². The monoisotopic (exact) mass is 224 g/mol. The zero-order chi connectivity index (χ0) is 12.2. The highest BCUT2D eigenvalue weighted by atomic mass is 16.5. The molecule has 0 saturated carbocycles. The summed E-state index contributed by atoms with van der Waals surface area (Å²) in [5.74, 6) is 0.684. The van der Waals surface area contributed by atoms with Crippen LogP contribution in [0.2, 0.25) is 0 Å². The van der Waals surface area contributed by atoms with Crippen LogP contribution in [-0.4, -0.2) is 29.8 Å². The predicted molar refractivity (Wildman–Crippen MR) is 63.5 cm³/mol. The van der Waals surface area contributed by atoms with Crippen molar-refractivity contribution in [1.29, 1.82) is 0 Å². The zero-order valence-corrected chi connectivity index (χ0v) is 10.3. The van der Waals surface area contributed by atoms with Crippen molar-refractivity contribution >= 4 is 0 Å². The molecule has 1 unspecified atom stereocenters. The second-order valence-electron chi connectivity index (χ2n) is 4.38. The molecule has 0 fully saturated rings. The van der Waals surface area contributed by atoms with Gasteiger partial charge in [-0.2, -0.15) is 0 Å². The largest absolute Gasteiger partial charge is 0.489 e. The highest BCUT2D eigenvalue weighted by Crippen LogP contribution is 2.23. The van der Waals surface area contributed by atoms with Gasteiger partial charge in [0.25, 0.3) is 0 Å². The molecule has 4 nitrogen and oxygen atoms in total. The number of ether oxygens (including phenoxy) is 1. The van der Waals surface area contributed by atoms with Gasteiger partial charge >= 0.3 is 0 Å². The van der Waals surface area contributed by atoms with Gasteiger partial charge < -0.3 is 15.2 Å². The molecule has 0 saturated heterocycles. The first kappa shape index (κ1) is 12.9. The summed E-state index contributed by atoms with van der Waals surface area (Å²) in [5.41, 5.74) is -0.182. The topological polar surface area (TPSA) is 54.4 Å². The molecule has 0 radical (unpaired) electrons. The van der Waals surface area contributed by atoms with Gasteiger partial charge in [0, 0.05) is 18.3 Å². The van der Waals surface area contributed by atoms with E-state index in [1.807, 2.05) is 19.9 Å². The standard InChI is InChI=1S/C12H20N2O2/c1-9(2)16-11-5-10(6-14-7-11)12(3,15)8-13-4/h5-7,9,13,15H,8H2,1-4H3. The fourth-order valence-electron chi connectivity index (χ4n) is 1.50. The highest BCUT2D eigenvalue weighted by Gasteiger charge is 2.22. The smallest absolute Gasteiger partial charge is 0.138 e. The van der Waals surface area contributed by atoms with Crippen LogP contribution in [0.4, 0.5) is 0 Å². The first-order valence-electron chi connectivity index (χ1n) is 5.45. The molecule has 0 amide bonds. The van der Waals surface area contributed by atoms with E-state index in [-0.39, 0.29) is 6.10 Å². The molecule has 0 spiro atoms. The normalized spacial score (nSPS) is 14.9. The van der Waals surface area contributed by atoms with Crippen LogP contribution in [0.15, 0.2) is 18.5 Å². The third-order valence-electron chi connectivity index (χ3n) is 2.23. The summed E-state index contributed by atoms with van der Waals surface area (Å²) < 4.78 is 5.53. The molecule has 1 heterocycles. The predicted octanol–water partition coefficient (Wildman–Crippen LogP) is 1.30. The third kappa shape index (κ3) is 3.47. The minimum absolute atomic E-state index is 0.103. The van der Waals surface area contributed by atoms with Crippen LogP contribution in [0.3, 0.4) is 0 Å². The van der Waals surface area contributed by atoms with Crippen molar-refractivity contribution in [3.05, 3.63) is 24.0 Å². The van der Waals surface area contributed by atoms with E-state index in [1.54, 1.807) is 26.4 Å². The maximum Gasteiger partial charge on any atom is 0.138 e. The number of nitrogens with one attached hydrogen (secondary N) is 1. The molecule has 0 aromatic carbocycles. The maximum atomic E-state index is 10.2. The van der Waals surface area contributed by atoms with Gasteiger partial charge in [0.15, 0.2) is 0 Å². The van der Waals surface area contributed by atoms with E-state index >= 15 is 0 Å². The van der Waals surface area contributed by atoms with Crippen LogP contribution in [0.25, 0.3) is 0 Å². The molecule has 4 heteroatoms. The Kier molecular flexibility index (Phi) is 4.26. The van der Waals surface area contributed by atoms with Crippen LogP contribution >= 0.6 is 0 Å². The molecule has 1 aromatic heterocycles. The lowest BCUT2D eigenvalue weighted by Crippen LogP contribution is -2.33. The maximum absolute atomic E-state index is 10.2. The van der Waals surface area contributed by atoms with Crippen LogP contribution in [-0.2, 0) is 5.60 Å². The third-order valence-corrected chi connectivity index (χ3v) is 2.23. The highest BCUT2D eigenvalue weighted by molar-refractivity contribution is 5.28. The van der Waals surface area contributed by atoms with Crippen LogP contribution in [0.5, 0.6) is 5.75 Å². The number of hydrogen-bond donors (Lipinski definition) is 2. The number of likely N-dealkylation sites (N-methyl/N-ethyl adjacent to an activating group) is 1. The quantitative estimate of drug-likeness (QED) is 0.791. The van der Waals surface area contributed by atoms with Gasteiger partial charge in [-0.1, -0.05) is 0 Å². The minimum Gasteiger partial charge on any atom is -0.489 e. The molecule has 0 aliphatic heterocycles. The van der Waals surface area contributed by atoms with Crippen molar-refractivity contribution in [2.24, 2.45) is 0 Å². The fraction of sp³-hybridized carbons (Fsp3) is 0.583. The lowest BCUT2D eigenvalue weighted by Gasteiger charge is -2.23. The van der Waals surface area contributed by atoms with E-state index in [9.17, 15) is 5.11 Å². The zero-order valence-electron chi connectivity index (χ0n) is 10.3. The van der Waals surface area contributed by atoms with Crippen LogP contribution < -0.4 is 10.1 Å². The first-order valence-corrected chi connectivity index (χ1v) is 5.45. The fourth-order valence-corrected chi connectivity index (χ4v) is 1.50. The Bertz CT molecular complexity index is 338. The number of aromatic nitrogens is 1. The van der Waals surface area contributed by atoms with Crippen molar-refractivity contribution < 1.29 is 9.84 Å². The summed E-state index contributed by atoms with van der Waals surface area (Å²) in [7, 11) is 1.80. The number of aliphatic hydroxyl groups is 1. The Hall–Kier alpha value is -1.13. The van der Waals surface area contributed by atoms with E-state index in [4.69, 9.17) is 4.74 Å². The SMILES string of the molecule is CNCC(C)(O)c1cncc(OC(C)C)c1. The summed E-state index contributed by atoms with van der Waals surface area (Å²) in [6.07, 6.45) is 3.41. The Labute approximate surface area is 96.7 Å². The molecule has 2 N–H and O–H groups in total. The molecule has 1 aromatic rings. The van der Waals surface area contributed by atoms with E-state index in [1.165, 1.54) is 0 Å². The van der Waals surface area contributed by atoms with E-state index < -0.39 is 5.60 Å². The van der Waals surface area contributed by atoms with Crippen LogP contribution in [0.1, 0.15) is 26.3 Å². The van der Waals surface area contributed by atoms with E-state index in [2.05, 4.69) is 10.3 Å². The van der Waals surface area contributed by atoms with Crippen molar-refractivity contribution in [2.45, 2.75) is 32.5 Å².